The standard InChI is InChI=1S/C24H27F3N6O2/c1-30(2)22(35)20-11-23(6-8-32(9-7-23)21(34)19-13-31(3)15-29-19)14-33(20)17-5-4-16(12-28)18(10-17)24(25,26)27/h4-5,10,13,15,20H,6-9,11,14H2,1-3H3. The van der Waals surface area contributed by atoms with Gasteiger partial charge in [0.15, 0.2) is 0 Å². The number of halogens is 3. The number of piperidine rings is 1. The highest BCUT2D eigenvalue weighted by Gasteiger charge is 2.49. The fourth-order valence-corrected chi connectivity index (χ4v) is 5.12. The monoisotopic (exact) mass is 488 g/mol. The third kappa shape index (κ3) is 4.70. The molecule has 1 aromatic carbocycles. The van der Waals surface area contributed by atoms with Gasteiger partial charge in [-0.3, -0.25) is 9.59 Å². The van der Waals surface area contributed by atoms with Gasteiger partial charge in [-0.05, 0) is 42.9 Å². The van der Waals surface area contributed by atoms with Crippen LogP contribution in [0.5, 0.6) is 0 Å². The molecule has 1 atom stereocenters. The molecule has 2 aliphatic heterocycles. The molecular weight excluding hydrogens is 461 g/mol. The van der Waals surface area contributed by atoms with Crippen molar-refractivity contribution in [3.8, 4) is 6.07 Å². The van der Waals surface area contributed by atoms with E-state index in [2.05, 4.69) is 4.98 Å². The lowest BCUT2D eigenvalue weighted by molar-refractivity contribution is -0.137. The summed E-state index contributed by atoms with van der Waals surface area (Å²) in [6.07, 6.45) is 0.285. The van der Waals surface area contributed by atoms with Crippen LogP contribution in [0.15, 0.2) is 30.7 Å². The summed E-state index contributed by atoms with van der Waals surface area (Å²) in [6, 6.07) is 4.58. The van der Waals surface area contributed by atoms with Gasteiger partial charge in [0.1, 0.15) is 11.7 Å². The minimum atomic E-state index is -4.68. The van der Waals surface area contributed by atoms with Gasteiger partial charge in [-0.2, -0.15) is 18.4 Å². The lowest BCUT2D eigenvalue weighted by atomic mass is 9.76. The van der Waals surface area contributed by atoms with Crippen molar-refractivity contribution >= 4 is 17.5 Å². The normalized spacial score (nSPS) is 19.6. The van der Waals surface area contributed by atoms with E-state index in [4.69, 9.17) is 5.26 Å². The SMILES string of the molecule is CN(C)C(=O)C1CC2(CCN(C(=O)c3cn(C)cn3)CC2)CN1c1ccc(C#N)c(C(F)(F)F)c1. The molecule has 1 spiro atoms. The highest BCUT2D eigenvalue weighted by molar-refractivity contribution is 5.92. The molecule has 2 aliphatic rings. The first kappa shape index (κ1) is 24.6. The number of hydrogen-bond acceptors (Lipinski definition) is 5. The van der Waals surface area contributed by atoms with Crippen molar-refractivity contribution < 1.29 is 22.8 Å². The first-order valence-corrected chi connectivity index (χ1v) is 11.3. The Morgan fingerprint density at radius 3 is 2.46 bits per heavy atom. The van der Waals surface area contributed by atoms with E-state index >= 15 is 0 Å². The largest absolute Gasteiger partial charge is 0.417 e. The summed E-state index contributed by atoms with van der Waals surface area (Å²) in [5, 5.41) is 9.14. The van der Waals surface area contributed by atoms with Crippen LogP contribution in [-0.4, -0.2) is 70.9 Å². The number of likely N-dealkylation sites (tertiary alicyclic amines) is 1. The van der Waals surface area contributed by atoms with Gasteiger partial charge in [0, 0.05) is 52.7 Å². The van der Waals surface area contributed by atoms with Gasteiger partial charge in [0.2, 0.25) is 5.91 Å². The van der Waals surface area contributed by atoms with E-state index in [1.54, 1.807) is 54.1 Å². The zero-order valence-corrected chi connectivity index (χ0v) is 19.8. The number of likely N-dealkylation sites (N-methyl/N-ethyl adjacent to an activating group) is 1. The Hall–Kier alpha value is -3.55. The Balaban J connectivity index is 1.59. The Morgan fingerprint density at radius 1 is 1.23 bits per heavy atom. The smallest absolute Gasteiger partial charge is 0.359 e. The first-order chi connectivity index (χ1) is 16.4. The number of nitrogens with zero attached hydrogens (tertiary/aromatic N) is 6. The van der Waals surface area contributed by atoms with Crippen LogP contribution in [0.3, 0.4) is 0 Å². The molecule has 0 radical (unpaired) electrons. The molecule has 35 heavy (non-hydrogen) atoms. The van der Waals surface area contributed by atoms with Crippen LogP contribution in [0, 0.1) is 16.7 Å². The molecule has 2 fully saturated rings. The van der Waals surface area contributed by atoms with Crippen molar-refractivity contribution in [3.63, 3.8) is 0 Å². The van der Waals surface area contributed by atoms with Gasteiger partial charge in [-0.25, -0.2) is 4.98 Å². The summed E-state index contributed by atoms with van der Waals surface area (Å²) in [4.78, 5) is 34.9. The molecule has 186 valence electrons. The number of aryl methyl sites for hydroxylation is 1. The lowest BCUT2D eigenvalue weighted by Crippen LogP contribution is -2.44. The maximum atomic E-state index is 13.6. The molecule has 0 N–H and O–H groups in total. The molecule has 8 nitrogen and oxygen atoms in total. The van der Waals surface area contributed by atoms with Crippen LogP contribution < -0.4 is 4.90 Å². The summed E-state index contributed by atoms with van der Waals surface area (Å²) in [7, 11) is 5.04. The number of carbonyl (C=O) groups excluding carboxylic acids is 2. The molecule has 2 amide bonds. The van der Waals surface area contributed by atoms with Crippen molar-refractivity contribution in [1.82, 2.24) is 19.4 Å². The second kappa shape index (κ2) is 8.91. The summed E-state index contributed by atoms with van der Waals surface area (Å²) in [5.41, 5.74) is -1.14. The van der Waals surface area contributed by atoms with Gasteiger partial charge in [-0.1, -0.05) is 0 Å². The number of aromatic nitrogens is 2. The summed E-state index contributed by atoms with van der Waals surface area (Å²) >= 11 is 0. The Labute approximate surface area is 201 Å². The van der Waals surface area contributed by atoms with E-state index < -0.39 is 23.3 Å². The zero-order valence-electron chi connectivity index (χ0n) is 19.8. The molecule has 2 saturated heterocycles. The van der Waals surface area contributed by atoms with E-state index in [0.29, 0.717) is 44.6 Å². The third-order valence-corrected chi connectivity index (χ3v) is 7.03. The molecule has 4 rings (SSSR count). The predicted octanol–water partition coefficient (Wildman–Crippen LogP) is 2.90. The van der Waals surface area contributed by atoms with E-state index in [1.807, 2.05) is 0 Å². The molecule has 1 unspecified atom stereocenters. The van der Waals surface area contributed by atoms with Crippen LogP contribution in [0.1, 0.15) is 40.9 Å². The van der Waals surface area contributed by atoms with E-state index in [1.165, 1.54) is 11.0 Å². The topological polar surface area (TPSA) is 85.5 Å². The molecule has 2 aromatic rings. The molecule has 0 aliphatic carbocycles. The number of alkyl halides is 3. The summed E-state index contributed by atoms with van der Waals surface area (Å²) in [5.74, 6) is -0.343. The maximum absolute atomic E-state index is 13.6. The Kier molecular flexibility index (Phi) is 6.25. The van der Waals surface area contributed by atoms with Crippen molar-refractivity contribution in [2.45, 2.75) is 31.5 Å². The number of amides is 2. The first-order valence-electron chi connectivity index (χ1n) is 11.3. The second-order valence-electron chi connectivity index (χ2n) is 9.64. The maximum Gasteiger partial charge on any atom is 0.417 e. The average Bonchev–Trinajstić information content (AvgIpc) is 3.41. The van der Waals surface area contributed by atoms with E-state index in [0.717, 1.165) is 12.1 Å². The predicted molar refractivity (Wildman–Crippen MR) is 121 cm³/mol. The summed E-state index contributed by atoms with van der Waals surface area (Å²) < 4.78 is 42.5. The number of benzene rings is 1. The van der Waals surface area contributed by atoms with Gasteiger partial charge >= 0.3 is 6.18 Å². The van der Waals surface area contributed by atoms with E-state index in [9.17, 15) is 22.8 Å². The molecule has 0 saturated carbocycles. The van der Waals surface area contributed by atoms with Crippen LogP contribution >= 0.6 is 0 Å². The average molecular weight is 489 g/mol. The van der Waals surface area contributed by atoms with Crippen LogP contribution in [0.4, 0.5) is 18.9 Å². The van der Waals surface area contributed by atoms with Gasteiger partial charge in [0.05, 0.1) is 23.5 Å². The van der Waals surface area contributed by atoms with Gasteiger partial charge in [0.25, 0.3) is 5.91 Å². The molecule has 0 bridgehead atoms. The number of rotatable bonds is 3. The van der Waals surface area contributed by atoms with E-state index in [-0.39, 0.29) is 22.9 Å². The lowest BCUT2D eigenvalue weighted by Gasteiger charge is -2.39. The molecule has 1 aromatic heterocycles. The Morgan fingerprint density at radius 2 is 1.91 bits per heavy atom. The second-order valence-corrected chi connectivity index (χ2v) is 9.64. The number of nitriles is 1. The van der Waals surface area contributed by atoms with Crippen LogP contribution in [0.25, 0.3) is 0 Å². The van der Waals surface area contributed by atoms with Crippen molar-refractivity contribution in [2.24, 2.45) is 12.5 Å². The molecular formula is C24H27F3N6O2. The molecule has 3 heterocycles. The zero-order chi connectivity index (χ0) is 25.5. The fraction of sp³-hybridized carbons (Fsp3) is 0.500. The van der Waals surface area contributed by atoms with Crippen molar-refractivity contribution in [2.75, 3.05) is 38.6 Å². The van der Waals surface area contributed by atoms with Crippen LogP contribution in [-0.2, 0) is 18.0 Å². The van der Waals surface area contributed by atoms with Gasteiger partial charge in [-0.15, -0.1) is 0 Å². The fourth-order valence-electron chi connectivity index (χ4n) is 5.12. The number of imidazole rings is 1. The minimum Gasteiger partial charge on any atom is -0.359 e. The highest BCUT2D eigenvalue weighted by atomic mass is 19.4. The molecule has 11 heteroatoms. The number of hydrogen-bond donors (Lipinski definition) is 0. The van der Waals surface area contributed by atoms with Crippen LogP contribution in [0.2, 0.25) is 0 Å². The summed E-state index contributed by atoms with van der Waals surface area (Å²) in [6.45, 7) is 1.35. The minimum absolute atomic E-state index is 0.155. The highest BCUT2D eigenvalue weighted by Crippen LogP contribution is 2.46. The number of carbonyl (C=O) groups is 2. The quantitative estimate of drug-likeness (QED) is 0.663. The third-order valence-electron chi connectivity index (χ3n) is 7.03. The number of anilines is 1. The van der Waals surface area contributed by atoms with Gasteiger partial charge < -0.3 is 19.3 Å². The van der Waals surface area contributed by atoms with Crippen molar-refractivity contribution in [3.05, 3.63) is 47.5 Å². The Bertz CT molecular complexity index is 1170. The van der Waals surface area contributed by atoms with Crippen molar-refractivity contribution in [1.29, 1.82) is 5.26 Å².